The highest BCUT2D eigenvalue weighted by molar-refractivity contribution is 7.89. The third-order valence-electron chi connectivity index (χ3n) is 3.57. The van der Waals surface area contributed by atoms with Crippen molar-refractivity contribution in [2.24, 2.45) is 0 Å². The van der Waals surface area contributed by atoms with Crippen LogP contribution in [0.2, 0.25) is 0 Å². The van der Waals surface area contributed by atoms with Gasteiger partial charge in [0.2, 0.25) is 10.0 Å². The van der Waals surface area contributed by atoms with Crippen molar-refractivity contribution in [3.63, 3.8) is 0 Å². The molecule has 1 aromatic rings. The molecule has 0 radical (unpaired) electrons. The lowest BCUT2D eigenvalue weighted by molar-refractivity contribution is 0.185. The van der Waals surface area contributed by atoms with E-state index in [1.54, 1.807) is 18.2 Å². The quantitative estimate of drug-likeness (QED) is 0.854. The highest BCUT2D eigenvalue weighted by atomic mass is 32.2. The second-order valence-electron chi connectivity index (χ2n) is 4.90. The number of aliphatic hydroxyl groups is 1. The lowest BCUT2D eigenvalue weighted by Crippen LogP contribution is -2.49. The van der Waals surface area contributed by atoms with Crippen molar-refractivity contribution in [3.05, 3.63) is 24.3 Å². The van der Waals surface area contributed by atoms with Gasteiger partial charge in [0.15, 0.2) is 0 Å². The highest BCUT2D eigenvalue weighted by Crippen LogP contribution is 2.32. The summed E-state index contributed by atoms with van der Waals surface area (Å²) in [7, 11) is -2.26. The van der Waals surface area contributed by atoms with E-state index in [9.17, 15) is 13.5 Å². The Labute approximate surface area is 113 Å². The molecule has 6 heteroatoms. The van der Waals surface area contributed by atoms with Crippen LogP contribution < -0.4 is 9.46 Å². The van der Waals surface area contributed by atoms with Crippen LogP contribution >= 0.6 is 0 Å². The topological polar surface area (TPSA) is 75.6 Å². The van der Waals surface area contributed by atoms with E-state index in [4.69, 9.17) is 4.74 Å². The van der Waals surface area contributed by atoms with Gasteiger partial charge in [-0.3, -0.25) is 0 Å². The minimum absolute atomic E-state index is 0.109. The zero-order valence-electron chi connectivity index (χ0n) is 10.9. The van der Waals surface area contributed by atoms with Crippen LogP contribution in [0, 0.1) is 0 Å². The molecular weight excluding hydrogens is 266 g/mol. The second-order valence-corrected chi connectivity index (χ2v) is 6.55. The Bertz CT molecular complexity index is 535. The number of methoxy groups -OCH3 is 1. The number of nitrogens with one attached hydrogen (secondary N) is 1. The van der Waals surface area contributed by atoms with Gasteiger partial charge < -0.3 is 9.84 Å². The van der Waals surface area contributed by atoms with E-state index in [0.29, 0.717) is 18.6 Å². The van der Waals surface area contributed by atoms with Gasteiger partial charge in [-0.1, -0.05) is 25.0 Å². The molecule has 1 aliphatic rings. The first kappa shape index (κ1) is 14.3. The molecule has 5 nitrogen and oxygen atoms in total. The van der Waals surface area contributed by atoms with Gasteiger partial charge in [0, 0.05) is 0 Å². The predicted molar refractivity (Wildman–Crippen MR) is 71.6 cm³/mol. The van der Waals surface area contributed by atoms with Crippen molar-refractivity contribution >= 4 is 10.0 Å². The van der Waals surface area contributed by atoms with Crippen molar-refractivity contribution in [1.82, 2.24) is 4.72 Å². The van der Waals surface area contributed by atoms with Crippen molar-refractivity contribution in [2.75, 3.05) is 13.7 Å². The third-order valence-corrected chi connectivity index (χ3v) is 5.19. The molecule has 1 fully saturated rings. The Morgan fingerprint density at radius 3 is 2.53 bits per heavy atom. The van der Waals surface area contributed by atoms with Crippen LogP contribution in [0.15, 0.2) is 29.2 Å². The number of benzene rings is 1. The molecule has 106 valence electrons. The number of hydrogen-bond acceptors (Lipinski definition) is 4. The van der Waals surface area contributed by atoms with Gasteiger partial charge in [0.05, 0.1) is 19.3 Å². The molecule has 1 saturated carbocycles. The van der Waals surface area contributed by atoms with Gasteiger partial charge in [-0.15, -0.1) is 0 Å². The zero-order chi connectivity index (χ0) is 13.9. The van der Waals surface area contributed by atoms with Crippen molar-refractivity contribution in [2.45, 2.75) is 36.1 Å². The molecule has 2 N–H and O–H groups in total. The van der Waals surface area contributed by atoms with Crippen molar-refractivity contribution < 1.29 is 18.3 Å². The Morgan fingerprint density at radius 2 is 1.95 bits per heavy atom. The summed E-state index contributed by atoms with van der Waals surface area (Å²) in [6, 6.07) is 6.47. The third kappa shape index (κ3) is 2.91. The van der Waals surface area contributed by atoms with Gasteiger partial charge in [0.1, 0.15) is 10.6 Å². The van der Waals surface area contributed by atoms with E-state index in [-0.39, 0.29) is 11.5 Å². The summed E-state index contributed by atoms with van der Waals surface area (Å²) in [5, 5.41) is 9.50. The summed E-state index contributed by atoms with van der Waals surface area (Å²) in [6.45, 7) is -0.179. The van der Waals surface area contributed by atoms with Crippen LogP contribution in [0.3, 0.4) is 0 Å². The molecule has 0 aromatic heterocycles. The van der Waals surface area contributed by atoms with E-state index >= 15 is 0 Å². The summed E-state index contributed by atoms with van der Waals surface area (Å²) in [5.41, 5.74) is -0.723. The lowest BCUT2D eigenvalue weighted by Gasteiger charge is -2.27. The van der Waals surface area contributed by atoms with Crippen LogP contribution in [0.1, 0.15) is 25.7 Å². The fourth-order valence-corrected chi connectivity index (χ4v) is 4.15. The maximum absolute atomic E-state index is 12.4. The fourth-order valence-electron chi connectivity index (χ4n) is 2.53. The predicted octanol–water partition coefficient (Wildman–Crippen LogP) is 1.28. The average Bonchev–Trinajstić information content (AvgIpc) is 2.87. The standard InChI is InChI=1S/C13H19NO4S/c1-18-11-6-2-3-7-12(11)19(16,17)14-13(10-15)8-4-5-9-13/h2-3,6-7,14-15H,4-5,8-10H2,1H3. The van der Waals surface area contributed by atoms with Gasteiger partial charge in [0.25, 0.3) is 0 Å². The summed E-state index contributed by atoms with van der Waals surface area (Å²) in [6.07, 6.45) is 3.18. The average molecular weight is 285 g/mol. The first-order valence-electron chi connectivity index (χ1n) is 6.31. The number of hydrogen-bond donors (Lipinski definition) is 2. The first-order valence-corrected chi connectivity index (χ1v) is 7.79. The Hall–Kier alpha value is -1.11. The molecule has 0 unspecified atom stereocenters. The minimum atomic E-state index is -3.69. The monoisotopic (exact) mass is 285 g/mol. The van der Waals surface area contributed by atoms with Crippen LogP contribution in [-0.2, 0) is 10.0 Å². The summed E-state index contributed by atoms with van der Waals surface area (Å²) in [5.74, 6) is 0.307. The first-order chi connectivity index (χ1) is 9.03. The molecule has 0 aliphatic heterocycles. The lowest BCUT2D eigenvalue weighted by atomic mass is 10.0. The van der Waals surface area contributed by atoms with Crippen LogP contribution in [0.5, 0.6) is 5.75 Å². The SMILES string of the molecule is COc1ccccc1S(=O)(=O)NC1(CO)CCCC1. The number of aliphatic hydroxyl groups excluding tert-OH is 1. The van der Waals surface area contributed by atoms with Gasteiger partial charge in [-0.2, -0.15) is 0 Å². The van der Waals surface area contributed by atoms with Gasteiger partial charge in [-0.05, 0) is 25.0 Å². The molecule has 0 heterocycles. The summed E-state index contributed by atoms with van der Waals surface area (Å²) < 4.78 is 32.6. The molecule has 1 aromatic carbocycles. The van der Waals surface area contributed by atoms with Gasteiger partial charge in [-0.25, -0.2) is 13.1 Å². The maximum atomic E-state index is 12.4. The van der Waals surface area contributed by atoms with Crippen molar-refractivity contribution in [3.8, 4) is 5.75 Å². The van der Waals surface area contributed by atoms with E-state index in [2.05, 4.69) is 4.72 Å². The Balaban J connectivity index is 2.32. The molecule has 0 amide bonds. The molecule has 0 saturated heterocycles. The van der Waals surface area contributed by atoms with Crippen molar-refractivity contribution in [1.29, 1.82) is 0 Å². The summed E-state index contributed by atoms with van der Waals surface area (Å²) in [4.78, 5) is 0.109. The smallest absolute Gasteiger partial charge is 0.244 e. The number of para-hydroxylation sites is 1. The van der Waals surface area contributed by atoms with E-state index in [1.807, 2.05) is 0 Å². The molecular formula is C13H19NO4S. The normalized spacial score (nSPS) is 18.4. The van der Waals surface area contributed by atoms with E-state index in [0.717, 1.165) is 12.8 Å². The molecule has 1 aliphatic carbocycles. The summed E-state index contributed by atoms with van der Waals surface area (Å²) >= 11 is 0. The minimum Gasteiger partial charge on any atom is -0.495 e. The van der Waals surface area contributed by atoms with E-state index < -0.39 is 15.6 Å². The second kappa shape index (κ2) is 5.48. The van der Waals surface area contributed by atoms with Crippen LogP contribution in [-0.4, -0.2) is 32.8 Å². The molecule has 0 bridgehead atoms. The molecule has 0 spiro atoms. The fraction of sp³-hybridized carbons (Fsp3) is 0.538. The van der Waals surface area contributed by atoms with Crippen LogP contribution in [0.4, 0.5) is 0 Å². The van der Waals surface area contributed by atoms with E-state index in [1.165, 1.54) is 13.2 Å². The largest absolute Gasteiger partial charge is 0.495 e. The zero-order valence-corrected chi connectivity index (χ0v) is 11.7. The molecule has 0 atom stereocenters. The molecule has 19 heavy (non-hydrogen) atoms. The number of ether oxygens (including phenoxy) is 1. The van der Waals surface area contributed by atoms with Crippen LogP contribution in [0.25, 0.3) is 0 Å². The van der Waals surface area contributed by atoms with Gasteiger partial charge >= 0.3 is 0 Å². The number of sulfonamides is 1. The molecule has 2 rings (SSSR count). The maximum Gasteiger partial charge on any atom is 0.244 e. The Kier molecular flexibility index (Phi) is 4.13. The Morgan fingerprint density at radius 1 is 1.32 bits per heavy atom. The highest BCUT2D eigenvalue weighted by Gasteiger charge is 2.38. The number of rotatable bonds is 5.